The second kappa shape index (κ2) is 20.0. The molecule has 1 fully saturated rings. The minimum atomic E-state index is -0.00356. The molecule has 2 nitrogen and oxygen atoms in total. The van der Waals surface area contributed by atoms with Crippen molar-refractivity contribution in [2.75, 3.05) is 0 Å². The molecule has 3 heteroatoms. The maximum absolute atomic E-state index is 5.46. The average molecular weight is 785 g/mol. The van der Waals surface area contributed by atoms with Gasteiger partial charge in [-0.15, -0.1) is 35.9 Å². The van der Waals surface area contributed by atoms with Gasteiger partial charge in [0.15, 0.2) is 0 Å². The van der Waals surface area contributed by atoms with Gasteiger partial charge in [-0.1, -0.05) is 124 Å². The summed E-state index contributed by atoms with van der Waals surface area (Å²) >= 11 is 0. The number of nitrogens with zero attached hydrogens (tertiary/aromatic N) is 2. The number of hydrogen-bond donors (Lipinski definition) is 0. The molecule has 1 aromatic heterocycles. The van der Waals surface area contributed by atoms with Crippen molar-refractivity contribution in [2.45, 2.75) is 77.2 Å². The predicted molar refractivity (Wildman–Crippen MR) is 197 cm³/mol. The van der Waals surface area contributed by atoms with E-state index >= 15 is 0 Å². The molecule has 0 bridgehead atoms. The molecule has 2 unspecified atom stereocenters. The first-order valence-electron chi connectivity index (χ1n) is 16.7. The predicted octanol–water partition coefficient (Wildman–Crippen LogP) is 12.5. The van der Waals surface area contributed by atoms with E-state index in [2.05, 4.69) is 115 Å². The van der Waals surface area contributed by atoms with E-state index in [9.17, 15) is 0 Å². The summed E-state index contributed by atoms with van der Waals surface area (Å²) in [5.41, 5.74) is 9.55. The smallest absolute Gasteiger partial charge is 0.0264 e. The van der Waals surface area contributed by atoms with Crippen LogP contribution >= 0.6 is 0 Å². The Morgan fingerprint density at radius 2 is 1.19 bits per heavy atom. The third-order valence-electron chi connectivity index (χ3n) is 8.27. The summed E-state index contributed by atoms with van der Waals surface area (Å²) in [6.07, 6.45) is 6.97. The van der Waals surface area contributed by atoms with Crippen molar-refractivity contribution in [2.24, 2.45) is 0 Å². The quantitative estimate of drug-likeness (QED) is 0.114. The summed E-state index contributed by atoms with van der Waals surface area (Å²) in [4.78, 5) is 5.17. The summed E-state index contributed by atoms with van der Waals surface area (Å²) in [6.45, 7) is 16.5. The van der Waals surface area contributed by atoms with Gasteiger partial charge in [-0.25, -0.2) is 0 Å². The normalized spacial score (nSPS) is 14.2. The van der Waals surface area contributed by atoms with Gasteiger partial charge in [-0.05, 0) is 36.0 Å². The fourth-order valence-electron chi connectivity index (χ4n) is 5.73. The minimum absolute atomic E-state index is 0. The summed E-state index contributed by atoms with van der Waals surface area (Å²) < 4.78 is 0. The van der Waals surface area contributed by atoms with Crippen molar-refractivity contribution in [1.82, 2.24) is 4.98 Å². The SMILES string of the molecule is CC(C)c1cccc(C(C)C)c1[N-]C(Cc1ccccc1)c1cccc(C2[CH-]CCC2)n1.[CH2-]c1ccccc1.[CH2-]c1ccccc1.[Hf]. The van der Waals surface area contributed by atoms with Crippen molar-refractivity contribution in [3.8, 4) is 0 Å². The average Bonchev–Trinajstić information content (AvgIpc) is 3.62. The van der Waals surface area contributed by atoms with Crippen LogP contribution in [0.5, 0.6) is 0 Å². The van der Waals surface area contributed by atoms with Gasteiger partial charge in [0.05, 0.1) is 0 Å². The van der Waals surface area contributed by atoms with Gasteiger partial charge < -0.3 is 11.7 Å². The van der Waals surface area contributed by atoms with Gasteiger partial charge in [0.2, 0.25) is 0 Å². The molecule has 0 N–H and O–H groups in total. The maximum atomic E-state index is 5.46. The third-order valence-corrected chi connectivity index (χ3v) is 8.27. The Morgan fingerprint density at radius 3 is 1.64 bits per heavy atom. The van der Waals surface area contributed by atoms with Crippen LogP contribution in [0, 0.1) is 20.3 Å². The second-order valence-corrected chi connectivity index (χ2v) is 12.7. The van der Waals surface area contributed by atoms with Crippen LogP contribution in [0.3, 0.4) is 0 Å². The fourth-order valence-corrected chi connectivity index (χ4v) is 5.73. The number of aromatic nitrogens is 1. The molecule has 1 aliphatic rings. The summed E-state index contributed by atoms with van der Waals surface area (Å²) in [7, 11) is 0. The Balaban J connectivity index is 0.000000329. The van der Waals surface area contributed by atoms with Crippen molar-refractivity contribution in [1.29, 1.82) is 0 Å². The van der Waals surface area contributed by atoms with E-state index in [0.717, 1.165) is 28.9 Å². The van der Waals surface area contributed by atoms with Crippen LogP contribution in [0.2, 0.25) is 0 Å². The topological polar surface area (TPSA) is 27.0 Å². The van der Waals surface area contributed by atoms with Crippen LogP contribution in [0.4, 0.5) is 5.69 Å². The number of rotatable bonds is 8. The van der Waals surface area contributed by atoms with Crippen molar-refractivity contribution >= 4 is 5.69 Å². The molecular formula is C44H50HfN2-4. The first-order valence-corrected chi connectivity index (χ1v) is 16.7. The van der Waals surface area contributed by atoms with Crippen molar-refractivity contribution < 1.29 is 25.8 Å². The van der Waals surface area contributed by atoms with Crippen LogP contribution < -0.4 is 0 Å². The molecule has 2 atom stereocenters. The van der Waals surface area contributed by atoms with E-state index in [-0.39, 0.29) is 31.9 Å². The van der Waals surface area contributed by atoms with Crippen LogP contribution in [0.25, 0.3) is 5.32 Å². The number of pyridine rings is 1. The van der Waals surface area contributed by atoms with E-state index in [1.54, 1.807) is 0 Å². The number of para-hydroxylation sites is 1. The van der Waals surface area contributed by atoms with E-state index in [4.69, 9.17) is 10.3 Å². The molecule has 0 spiro atoms. The molecule has 5 aromatic rings. The molecule has 1 aliphatic carbocycles. The van der Waals surface area contributed by atoms with Crippen LogP contribution in [0.1, 0.15) is 110 Å². The van der Waals surface area contributed by atoms with Gasteiger partial charge in [-0.2, -0.15) is 55.7 Å². The summed E-state index contributed by atoms with van der Waals surface area (Å²) in [5.74, 6) is 1.34. The Kier molecular flexibility index (Phi) is 16.1. The van der Waals surface area contributed by atoms with Crippen molar-refractivity contribution in [3.63, 3.8) is 0 Å². The van der Waals surface area contributed by atoms with E-state index in [1.165, 1.54) is 41.6 Å². The zero-order valence-electron chi connectivity index (χ0n) is 28.6. The first-order chi connectivity index (χ1) is 22.3. The number of benzene rings is 4. The molecule has 6 rings (SSSR count). The van der Waals surface area contributed by atoms with Crippen LogP contribution in [-0.2, 0) is 32.3 Å². The number of hydrogen-bond acceptors (Lipinski definition) is 1. The third kappa shape index (κ3) is 12.2. The van der Waals surface area contributed by atoms with Crippen LogP contribution in [0.15, 0.2) is 127 Å². The Hall–Kier alpha value is -3.56. The Morgan fingerprint density at radius 1 is 0.681 bits per heavy atom. The van der Waals surface area contributed by atoms with Crippen LogP contribution in [-0.4, -0.2) is 4.98 Å². The van der Waals surface area contributed by atoms with Gasteiger partial charge in [0.25, 0.3) is 0 Å². The van der Waals surface area contributed by atoms with Crippen molar-refractivity contribution in [3.05, 3.63) is 192 Å². The Labute approximate surface area is 304 Å². The van der Waals surface area contributed by atoms with Gasteiger partial charge in [-0.3, -0.25) is 4.98 Å². The second-order valence-electron chi connectivity index (χ2n) is 12.7. The van der Waals surface area contributed by atoms with Gasteiger partial charge >= 0.3 is 0 Å². The van der Waals surface area contributed by atoms with Gasteiger partial charge in [0, 0.05) is 37.2 Å². The summed E-state index contributed by atoms with van der Waals surface area (Å²) in [6, 6.07) is 43.7. The minimum Gasteiger partial charge on any atom is -0.676 e. The molecular weight excluding hydrogens is 735 g/mol. The van der Waals surface area contributed by atoms with Gasteiger partial charge in [0.1, 0.15) is 0 Å². The molecule has 0 aliphatic heterocycles. The monoisotopic (exact) mass is 786 g/mol. The molecule has 0 amide bonds. The van der Waals surface area contributed by atoms with E-state index in [1.807, 2.05) is 60.7 Å². The molecule has 0 radical (unpaired) electrons. The Bertz CT molecular complexity index is 1500. The molecule has 1 heterocycles. The molecule has 1 saturated carbocycles. The molecule has 244 valence electrons. The maximum Gasteiger partial charge on any atom is 0.0264 e. The zero-order chi connectivity index (χ0) is 32.7. The fraction of sp³-hybridized carbons (Fsp3) is 0.273. The van der Waals surface area contributed by atoms with E-state index in [0.29, 0.717) is 17.8 Å². The first kappa shape index (κ1) is 37.9. The molecule has 0 saturated heterocycles. The summed E-state index contributed by atoms with van der Waals surface area (Å²) in [5, 5.41) is 5.46. The molecule has 47 heavy (non-hydrogen) atoms. The standard InChI is InChI=1S/C30H36N2.2C7H7.Hf/c1-21(2)25-16-10-17-26(22(3)4)30(25)32-29(20-23-12-6-5-7-13-23)28-19-11-18-27(31-28)24-14-8-9-15-24;2*1-7-5-3-2-4-6-7;/h5-7,10-14,16-19,21-22,24,29H,8-9,15,20H2,1-4H3;2*2-6H,1H2;/q-2;2*-1;. The van der Waals surface area contributed by atoms with E-state index < -0.39 is 0 Å². The molecule has 4 aromatic carbocycles. The largest absolute Gasteiger partial charge is 0.676 e. The zero-order valence-corrected chi connectivity index (χ0v) is 32.2.